The number of hydrogen-bond acceptors (Lipinski definition) is 5. The third-order valence-corrected chi connectivity index (χ3v) is 4.34. The van der Waals surface area contributed by atoms with Gasteiger partial charge >= 0.3 is 5.69 Å². The molecule has 3 aliphatic heterocycles. The van der Waals surface area contributed by atoms with Crippen LogP contribution in [0.15, 0.2) is 18.2 Å². The number of nitrogens with two attached hydrogens (primary N) is 1. The van der Waals surface area contributed by atoms with E-state index in [0.29, 0.717) is 17.8 Å². The number of likely N-dealkylation sites (N-methyl/N-ethyl adjacent to an activating group) is 1. The SMILES string of the molecule is CN1CC2CCC1CN2c1cccc(N)c1[N+](=O)[O-]. The molecule has 6 nitrogen and oxygen atoms in total. The summed E-state index contributed by atoms with van der Waals surface area (Å²) in [5, 5.41) is 11.2. The first-order chi connectivity index (χ1) is 9.08. The molecule has 3 fully saturated rings. The molecule has 1 aromatic rings. The van der Waals surface area contributed by atoms with Gasteiger partial charge in [0.25, 0.3) is 0 Å². The number of benzene rings is 1. The molecule has 3 saturated heterocycles. The summed E-state index contributed by atoms with van der Waals surface area (Å²) < 4.78 is 0. The number of nitro groups is 1. The van der Waals surface area contributed by atoms with Crippen LogP contribution in [0, 0.1) is 10.1 Å². The fraction of sp³-hybridized carbons (Fsp3) is 0.538. The highest BCUT2D eigenvalue weighted by Crippen LogP contribution is 2.39. The van der Waals surface area contributed by atoms with E-state index in [-0.39, 0.29) is 16.3 Å². The number of anilines is 2. The zero-order chi connectivity index (χ0) is 13.6. The first kappa shape index (κ1) is 12.2. The van der Waals surface area contributed by atoms with E-state index in [0.717, 1.165) is 19.5 Å². The number of hydrogen-bond donors (Lipinski definition) is 1. The van der Waals surface area contributed by atoms with Crippen molar-refractivity contribution < 1.29 is 4.92 Å². The molecular formula is C13H18N4O2. The second kappa shape index (κ2) is 4.38. The van der Waals surface area contributed by atoms with Crippen LogP contribution in [0.1, 0.15) is 12.8 Å². The summed E-state index contributed by atoms with van der Waals surface area (Å²) in [4.78, 5) is 15.4. The molecule has 4 rings (SSSR count). The molecule has 2 N–H and O–H groups in total. The first-order valence-corrected chi connectivity index (χ1v) is 6.57. The van der Waals surface area contributed by atoms with Gasteiger partial charge in [-0.3, -0.25) is 15.0 Å². The summed E-state index contributed by atoms with van der Waals surface area (Å²) in [5.41, 5.74) is 6.75. The van der Waals surface area contributed by atoms with Crippen LogP contribution >= 0.6 is 0 Å². The van der Waals surface area contributed by atoms with Crippen LogP contribution < -0.4 is 10.6 Å². The Morgan fingerprint density at radius 3 is 2.63 bits per heavy atom. The van der Waals surface area contributed by atoms with E-state index in [1.165, 1.54) is 6.42 Å². The lowest BCUT2D eigenvalue weighted by molar-refractivity contribution is -0.383. The number of piperidine rings is 2. The quantitative estimate of drug-likeness (QED) is 0.496. The van der Waals surface area contributed by atoms with Gasteiger partial charge in [-0.2, -0.15) is 0 Å². The van der Waals surface area contributed by atoms with Crippen molar-refractivity contribution in [2.75, 3.05) is 30.8 Å². The Morgan fingerprint density at radius 1 is 1.32 bits per heavy atom. The Hall–Kier alpha value is -1.82. The first-order valence-electron chi connectivity index (χ1n) is 6.57. The minimum atomic E-state index is -0.364. The van der Waals surface area contributed by atoms with Crippen LogP contribution in [0.4, 0.5) is 17.1 Å². The molecule has 2 unspecified atom stereocenters. The van der Waals surface area contributed by atoms with Gasteiger partial charge in [0.15, 0.2) is 0 Å². The molecule has 0 spiro atoms. The largest absolute Gasteiger partial charge is 0.393 e. The summed E-state index contributed by atoms with van der Waals surface area (Å²) in [6, 6.07) is 6.05. The van der Waals surface area contributed by atoms with E-state index in [1.807, 2.05) is 6.07 Å². The lowest BCUT2D eigenvalue weighted by Crippen LogP contribution is -2.61. The molecule has 3 aliphatic rings. The minimum Gasteiger partial charge on any atom is -0.393 e. The number of nitrogen functional groups attached to an aromatic ring is 1. The van der Waals surface area contributed by atoms with Gasteiger partial charge in [0.05, 0.1) is 4.92 Å². The summed E-state index contributed by atoms with van der Waals surface area (Å²) in [6.45, 7) is 1.82. The second-order valence-corrected chi connectivity index (χ2v) is 5.45. The van der Waals surface area contributed by atoms with Crippen molar-refractivity contribution in [1.82, 2.24) is 4.90 Å². The number of nitro benzene ring substituents is 1. The minimum absolute atomic E-state index is 0.0534. The van der Waals surface area contributed by atoms with Crippen LogP contribution in [-0.2, 0) is 0 Å². The van der Waals surface area contributed by atoms with Crippen LogP contribution in [0.25, 0.3) is 0 Å². The second-order valence-electron chi connectivity index (χ2n) is 5.45. The van der Waals surface area contributed by atoms with Crippen LogP contribution in [0.2, 0.25) is 0 Å². The molecular weight excluding hydrogens is 244 g/mol. The molecule has 0 aromatic heterocycles. The van der Waals surface area contributed by atoms with Crippen molar-refractivity contribution in [3.8, 4) is 0 Å². The molecule has 3 heterocycles. The van der Waals surface area contributed by atoms with Crippen molar-refractivity contribution in [2.45, 2.75) is 24.9 Å². The average Bonchev–Trinajstić information content (AvgIpc) is 2.38. The molecule has 0 amide bonds. The van der Waals surface area contributed by atoms with Gasteiger partial charge < -0.3 is 10.6 Å². The highest BCUT2D eigenvalue weighted by molar-refractivity contribution is 5.76. The maximum Gasteiger partial charge on any atom is 0.315 e. The Labute approximate surface area is 111 Å². The standard InChI is InChI=1S/C13H18N4O2/c1-15-7-10-6-5-9(15)8-16(10)12-4-2-3-11(14)13(12)17(18)19/h2-4,9-10H,5-8,14H2,1H3. The van der Waals surface area contributed by atoms with Gasteiger partial charge in [0.2, 0.25) is 0 Å². The predicted molar refractivity (Wildman–Crippen MR) is 74.3 cm³/mol. The van der Waals surface area contributed by atoms with Crippen LogP contribution in [-0.4, -0.2) is 42.0 Å². The number of para-hydroxylation sites is 1. The van der Waals surface area contributed by atoms with Gasteiger partial charge in [-0.25, -0.2) is 0 Å². The molecule has 0 saturated carbocycles. The average molecular weight is 262 g/mol. The highest BCUT2D eigenvalue weighted by atomic mass is 16.6. The Kier molecular flexibility index (Phi) is 2.82. The monoisotopic (exact) mass is 262 g/mol. The van der Waals surface area contributed by atoms with Gasteiger partial charge in [-0.1, -0.05) is 6.07 Å². The van der Waals surface area contributed by atoms with Crippen molar-refractivity contribution in [3.05, 3.63) is 28.3 Å². The van der Waals surface area contributed by atoms with Gasteiger partial charge in [-0.05, 0) is 32.0 Å². The lowest BCUT2D eigenvalue weighted by atomic mass is 9.90. The van der Waals surface area contributed by atoms with Crippen molar-refractivity contribution in [3.63, 3.8) is 0 Å². The third-order valence-electron chi connectivity index (χ3n) is 4.34. The number of fused-ring (bicyclic) bond motifs is 3. The predicted octanol–water partition coefficient (Wildman–Crippen LogP) is 1.46. The van der Waals surface area contributed by atoms with Crippen LogP contribution in [0.5, 0.6) is 0 Å². The summed E-state index contributed by atoms with van der Waals surface area (Å²) in [7, 11) is 2.13. The molecule has 102 valence electrons. The molecule has 6 heteroatoms. The van der Waals surface area contributed by atoms with E-state index < -0.39 is 0 Å². The fourth-order valence-electron chi connectivity index (χ4n) is 3.31. The van der Waals surface area contributed by atoms with Crippen molar-refractivity contribution >= 4 is 17.1 Å². The Balaban J connectivity index is 2.00. The molecule has 1 aromatic carbocycles. The Morgan fingerprint density at radius 2 is 2.05 bits per heavy atom. The molecule has 0 radical (unpaired) electrons. The van der Waals surface area contributed by atoms with E-state index in [2.05, 4.69) is 16.8 Å². The fourth-order valence-corrected chi connectivity index (χ4v) is 3.31. The topological polar surface area (TPSA) is 75.6 Å². The van der Waals surface area contributed by atoms with Crippen molar-refractivity contribution in [2.24, 2.45) is 0 Å². The number of nitrogens with zero attached hydrogens (tertiary/aromatic N) is 3. The van der Waals surface area contributed by atoms with Gasteiger partial charge in [0.1, 0.15) is 11.4 Å². The number of piperazine rings is 1. The highest BCUT2D eigenvalue weighted by Gasteiger charge is 2.39. The van der Waals surface area contributed by atoms with E-state index >= 15 is 0 Å². The van der Waals surface area contributed by atoms with E-state index in [9.17, 15) is 10.1 Å². The third kappa shape index (κ3) is 1.92. The zero-order valence-electron chi connectivity index (χ0n) is 11.0. The van der Waals surface area contributed by atoms with Gasteiger partial charge in [-0.15, -0.1) is 0 Å². The van der Waals surface area contributed by atoms with E-state index in [1.54, 1.807) is 12.1 Å². The normalized spacial score (nSPS) is 26.7. The molecule has 2 bridgehead atoms. The van der Waals surface area contributed by atoms with E-state index in [4.69, 9.17) is 5.73 Å². The number of rotatable bonds is 2. The lowest BCUT2D eigenvalue weighted by Gasteiger charge is -2.51. The molecule has 0 aliphatic carbocycles. The van der Waals surface area contributed by atoms with Gasteiger partial charge in [0, 0.05) is 25.2 Å². The van der Waals surface area contributed by atoms with Crippen LogP contribution in [0.3, 0.4) is 0 Å². The smallest absolute Gasteiger partial charge is 0.315 e. The molecule has 19 heavy (non-hydrogen) atoms. The summed E-state index contributed by atoms with van der Waals surface area (Å²) >= 11 is 0. The summed E-state index contributed by atoms with van der Waals surface area (Å²) in [5.74, 6) is 0. The summed E-state index contributed by atoms with van der Waals surface area (Å²) in [6.07, 6.45) is 2.27. The van der Waals surface area contributed by atoms with Crippen molar-refractivity contribution in [1.29, 1.82) is 0 Å². The molecule has 2 atom stereocenters. The zero-order valence-corrected chi connectivity index (χ0v) is 11.0. The Bertz CT molecular complexity index is 519. The maximum absolute atomic E-state index is 11.2. The maximum atomic E-state index is 11.2.